The van der Waals surface area contributed by atoms with Gasteiger partial charge in [0.15, 0.2) is 11.5 Å². The third kappa shape index (κ3) is 3.26. The maximum Gasteiger partial charge on any atom is 0.235 e. The van der Waals surface area contributed by atoms with Gasteiger partial charge in [-0.25, -0.2) is 0 Å². The molecule has 2 aromatic carbocycles. The van der Waals surface area contributed by atoms with Crippen molar-refractivity contribution in [3.8, 4) is 11.5 Å². The van der Waals surface area contributed by atoms with Crippen molar-refractivity contribution in [2.24, 2.45) is 0 Å². The number of epoxide rings is 1. The maximum atomic E-state index is 13.2. The van der Waals surface area contributed by atoms with Crippen molar-refractivity contribution in [2.75, 3.05) is 18.7 Å². The molecular weight excluding hydrogens is 392 g/mol. The number of anilines is 1. The lowest BCUT2D eigenvalue weighted by molar-refractivity contribution is -0.118. The summed E-state index contributed by atoms with van der Waals surface area (Å²) in [6.07, 6.45) is 3.06. The van der Waals surface area contributed by atoms with Crippen molar-refractivity contribution >= 4 is 22.5 Å². The number of nitrogens with one attached hydrogen (secondary N) is 2. The minimum Gasteiger partial charge on any atom is -0.454 e. The number of hydrogen-bond acceptors (Lipinski definition) is 4. The number of ether oxygens (including phenoxy) is 3. The number of hydrogen-bond donors (Lipinski definition) is 2. The van der Waals surface area contributed by atoms with Crippen LogP contribution in [0.2, 0.25) is 0 Å². The molecule has 1 atom stereocenters. The SMILES string of the molecule is CC(C)(CC1CO1)c1cc2cc(NC(=O)C3(c4ccc5c(c4)OCO5)CC3)ccc2[nH]1. The molecule has 1 saturated carbocycles. The summed E-state index contributed by atoms with van der Waals surface area (Å²) in [5.74, 6) is 1.49. The fraction of sp³-hybridized carbons (Fsp3) is 0.400. The lowest BCUT2D eigenvalue weighted by atomic mass is 9.84. The van der Waals surface area contributed by atoms with Gasteiger partial charge >= 0.3 is 0 Å². The van der Waals surface area contributed by atoms with E-state index in [-0.39, 0.29) is 18.1 Å². The van der Waals surface area contributed by atoms with Crippen LogP contribution in [0.4, 0.5) is 5.69 Å². The van der Waals surface area contributed by atoms with E-state index < -0.39 is 5.41 Å². The minimum absolute atomic E-state index is 0.0149. The Morgan fingerprint density at radius 2 is 1.94 bits per heavy atom. The Bertz CT molecular complexity index is 1190. The van der Waals surface area contributed by atoms with Crippen molar-refractivity contribution in [1.82, 2.24) is 4.98 Å². The summed E-state index contributed by atoms with van der Waals surface area (Å²) in [5.41, 5.74) is 3.61. The average Bonchev–Trinajstić information content (AvgIpc) is 3.64. The van der Waals surface area contributed by atoms with E-state index in [9.17, 15) is 4.79 Å². The van der Waals surface area contributed by atoms with Gasteiger partial charge in [0, 0.05) is 27.7 Å². The Balaban J connectivity index is 1.23. The van der Waals surface area contributed by atoms with Crippen LogP contribution in [-0.2, 0) is 20.4 Å². The zero-order chi connectivity index (χ0) is 21.2. The lowest BCUT2D eigenvalue weighted by Gasteiger charge is -2.22. The van der Waals surface area contributed by atoms with Crippen LogP contribution in [0, 0.1) is 0 Å². The normalized spacial score (nSPS) is 20.6. The molecule has 6 nitrogen and oxygen atoms in total. The van der Waals surface area contributed by atoms with Gasteiger partial charge in [0.05, 0.1) is 18.1 Å². The fourth-order valence-electron chi connectivity index (χ4n) is 4.66. The van der Waals surface area contributed by atoms with Crippen LogP contribution in [0.5, 0.6) is 11.5 Å². The number of aromatic nitrogens is 1. The van der Waals surface area contributed by atoms with Crippen LogP contribution in [-0.4, -0.2) is 30.4 Å². The molecule has 160 valence electrons. The topological polar surface area (TPSA) is 75.9 Å². The van der Waals surface area contributed by atoms with Crippen LogP contribution in [0.15, 0.2) is 42.5 Å². The number of amides is 1. The van der Waals surface area contributed by atoms with Crippen molar-refractivity contribution < 1.29 is 19.0 Å². The third-order valence-electron chi connectivity index (χ3n) is 6.86. The van der Waals surface area contributed by atoms with Crippen LogP contribution < -0.4 is 14.8 Å². The quantitative estimate of drug-likeness (QED) is 0.572. The van der Waals surface area contributed by atoms with E-state index >= 15 is 0 Å². The summed E-state index contributed by atoms with van der Waals surface area (Å²) in [6, 6.07) is 14.1. The minimum atomic E-state index is -0.481. The number of rotatable bonds is 6. The van der Waals surface area contributed by atoms with Gasteiger partial charge in [-0.3, -0.25) is 4.79 Å². The molecule has 1 saturated heterocycles. The van der Waals surface area contributed by atoms with Crippen LogP contribution in [0.25, 0.3) is 10.9 Å². The Hall–Kier alpha value is -2.99. The molecule has 31 heavy (non-hydrogen) atoms. The molecule has 3 aliphatic rings. The summed E-state index contributed by atoms with van der Waals surface area (Å²) < 4.78 is 16.3. The number of H-pyrrole nitrogens is 1. The summed E-state index contributed by atoms with van der Waals surface area (Å²) in [5, 5.41) is 4.25. The molecule has 3 aromatic rings. The number of benzene rings is 2. The third-order valence-corrected chi connectivity index (χ3v) is 6.86. The second-order valence-electron chi connectivity index (χ2n) is 9.63. The molecule has 6 rings (SSSR count). The molecule has 0 radical (unpaired) electrons. The second-order valence-corrected chi connectivity index (χ2v) is 9.63. The Morgan fingerprint density at radius 3 is 2.71 bits per heavy atom. The number of aromatic amines is 1. The van der Waals surface area contributed by atoms with Crippen LogP contribution >= 0.6 is 0 Å². The molecule has 2 aliphatic heterocycles. The number of carbonyl (C=O) groups is 1. The van der Waals surface area contributed by atoms with Crippen molar-refractivity contribution in [3.63, 3.8) is 0 Å². The highest BCUT2D eigenvalue weighted by Crippen LogP contribution is 2.51. The van der Waals surface area contributed by atoms with Gasteiger partial charge in [-0.2, -0.15) is 0 Å². The van der Waals surface area contributed by atoms with E-state index in [1.165, 1.54) is 5.69 Å². The molecule has 2 fully saturated rings. The molecule has 3 heterocycles. The monoisotopic (exact) mass is 418 g/mol. The van der Waals surface area contributed by atoms with Gasteiger partial charge in [-0.15, -0.1) is 0 Å². The zero-order valence-electron chi connectivity index (χ0n) is 17.8. The molecule has 2 N–H and O–H groups in total. The van der Waals surface area contributed by atoms with Gasteiger partial charge < -0.3 is 24.5 Å². The summed E-state index contributed by atoms with van der Waals surface area (Å²) >= 11 is 0. The summed E-state index contributed by atoms with van der Waals surface area (Å²) in [6.45, 7) is 5.58. The maximum absolute atomic E-state index is 13.2. The summed E-state index contributed by atoms with van der Waals surface area (Å²) in [7, 11) is 0. The molecule has 6 heteroatoms. The fourth-order valence-corrected chi connectivity index (χ4v) is 4.66. The first kappa shape index (κ1) is 18.8. The van der Waals surface area contributed by atoms with Crippen molar-refractivity contribution in [1.29, 1.82) is 0 Å². The molecule has 1 aliphatic carbocycles. The largest absolute Gasteiger partial charge is 0.454 e. The van der Waals surface area contributed by atoms with Gasteiger partial charge in [0.25, 0.3) is 0 Å². The summed E-state index contributed by atoms with van der Waals surface area (Å²) in [4.78, 5) is 16.8. The zero-order valence-corrected chi connectivity index (χ0v) is 17.8. The molecule has 1 unspecified atom stereocenters. The molecule has 0 bridgehead atoms. The second kappa shape index (κ2) is 6.50. The van der Waals surface area contributed by atoms with E-state index in [2.05, 4.69) is 30.2 Å². The Morgan fingerprint density at radius 1 is 1.13 bits per heavy atom. The lowest BCUT2D eigenvalue weighted by Crippen LogP contribution is -2.27. The average molecular weight is 418 g/mol. The van der Waals surface area contributed by atoms with E-state index in [0.717, 1.165) is 59.5 Å². The van der Waals surface area contributed by atoms with Crippen LogP contribution in [0.3, 0.4) is 0 Å². The van der Waals surface area contributed by atoms with Gasteiger partial charge in [-0.1, -0.05) is 19.9 Å². The van der Waals surface area contributed by atoms with Crippen molar-refractivity contribution in [3.05, 3.63) is 53.7 Å². The van der Waals surface area contributed by atoms with Crippen molar-refractivity contribution in [2.45, 2.75) is 50.0 Å². The van der Waals surface area contributed by atoms with Gasteiger partial charge in [0.1, 0.15) is 0 Å². The van der Waals surface area contributed by atoms with Gasteiger partial charge in [-0.05, 0) is 61.2 Å². The Labute approximate surface area is 180 Å². The standard InChI is InChI=1S/C25H26N2O4/c1-24(2,12-18-13-29-18)22-10-15-9-17(4-5-19(15)27-22)26-23(28)25(7-8-25)16-3-6-20-21(11-16)31-14-30-20/h3-6,9-11,18,27H,7-8,12-14H2,1-2H3,(H,26,28). The first-order valence-electron chi connectivity index (χ1n) is 10.9. The first-order chi connectivity index (χ1) is 14.9. The highest BCUT2D eigenvalue weighted by atomic mass is 16.7. The van der Waals surface area contributed by atoms with Crippen LogP contribution in [0.1, 0.15) is 44.4 Å². The highest BCUT2D eigenvalue weighted by Gasteiger charge is 2.51. The number of carbonyl (C=O) groups excluding carboxylic acids is 1. The highest BCUT2D eigenvalue weighted by molar-refractivity contribution is 6.02. The Kier molecular flexibility index (Phi) is 3.93. The van der Waals surface area contributed by atoms with Gasteiger partial charge in [0.2, 0.25) is 12.7 Å². The molecule has 1 amide bonds. The van der Waals surface area contributed by atoms with E-state index in [0.29, 0.717) is 6.10 Å². The van der Waals surface area contributed by atoms with E-state index in [4.69, 9.17) is 14.2 Å². The predicted octanol–water partition coefficient (Wildman–Crippen LogP) is 4.63. The molecular formula is C25H26N2O4. The first-order valence-corrected chi connectivity index (χ1v) is 10.9. The molecule has 0 spiro atoms. The predicted molar refractivity (Wildman–Crippen MR) is 118 cm³/mol. The van der Waals surface area contributed by atoms with E-state index in [1.54, 1.807) is 0 Å². The number of fused-ring (bicyclic) bond motifs is 2. The smallest absolute Gasteiger partial charge is 0.235 e. The molecule has 1 aromatic heterocycles. The van der Waals surface area contributed by atoms with E-state index in [1.807, 2.05) is 36.4 Å².